The smallest absolute Gasteiger partial charge is 0.274 e. The average Bonchev–Trinajstić information content (AvgIpc) is 3.14. The van der Waals surface area contributed by atoms with Crippen LogP contribution in [0.5, 0.6) is 11.5 Å². The van der Waals surface area contributed by atoms with Gasteiger partial charge in [-0.15, -0.1) is 0 Å². The fourth-order valence-corrected chi connectivity index (χ4v) is 2.72. The summed E-state index contributed by atoms with van der Waals surface area (Å²) in [5.74, 6) is 1.56. The second-order valence-corrected chi connectivity index (χ2v) is 6.13. The highest BCUT2D eigenvalue weighted by Gasteiger charge is 2.13. The molecule has 1 aromatic heterocycles. The van der Waals surface area contributed by atoms with Crippen molar-refractivity contribution in [3.8, 4) is 11.5 Å². The van der Waals surface area contributed by atoms with Crippen molar-refractivity contribution in [3.05, 3.63) is 71.5 Å². The largest absolute Gasteiger partial charge is 0.454 e. The predicted molar refractivity (Wildman–Crippen MR) is 101 cm³/mol. The quantitative estimate of drug-likeness (QED) is 0.724. The average molecular weight is 362 g/mol. The number of fused-ring (bicyclic) bond motifs is 1. The molecule has 27 heavy (non-hydrogen) atoms. The standard InChI is InChI=1S/C20H18N4O3/c1-13-3-2-4-15(9-13)23-19(25)16-7-8-21-20(24-16)22-11-14-5-6-17-18(10-14)27-12-26-17/h2-10H,11-12H2,1H3,(H,23,25)(H,21,22,24). The molecule has 1 aliphatic rings. The zero-order valence-electron chi connectivity index (χ0n) is 14.7. The first-order chi connectivity index (χ1) is 13.2. The van der Waals surface area contributed by atoms with Gasteiger partial charge in [-0.1, -0.05) is 18.2 Å². The van der Waals surface area contributed by atoms with E-state index in [-0.39, 0.29) is 12.7 Å². The molecule has 0 aliphatic carbocycles. The lowest BCUT2D eigenvalue weighted by atomic mass is 10.2. The van der Waals surface area contributed by atoms with Gasteiger partial charge in [0.05, 0.1) is 0 Å². The van der Waals surface area contributed by atoms with E-state index in [9.17, 15) is 4.79 Å². The maximum atomic E-state index is 12.4. The molecule has 7 nitrogen and oxygen atoms in total. The van der Waals surface area contributed by atoms with Crippen LogP contribution in [-0.2, 0) is 6.54 Å². The Bertz CT molecular complexity index is 990. The minimum Gasteiger partial charge on any atom is -0.454 e. The number of amides is 1. The predicted octanol–water partition coefficient (Wildman–Crippen LogP) is 3.38. The van der Waals surface area contributed by atoms with E-state index in [1.54, 1.807) is 12.3 Å². The van der Waals surface area contributed by atoms with Crippen LogP contribution >= 0.6 is 0 Å². The second kappa shape index (κ2) is 7.33. The number of carbonyl (C=O) groups excluding carboxylic acids is 1. The number of nitrogens with zero attached hydrogens (tertiary/aromatic N) is 2. The van der Waals surface area contributed by atoms with Crippen molar-refractivity contribution in [2.24, 2.45) is 0 Å². The van der Waals surface area contributed by atoms with Gasteiger partial charge in [0.25, 0.3) is 5.91 Å². The third kappa shape index (κ3) is 3.98. The Hall–Kier alpha value is -3.61. The summed E-state index contributed by atoms with van der Waals surface area (Å²) in [5, 5.41) is 5.96. The van der Waals surface area contributed by atoms with Crippen molar-refractivity contribution in [3.63, 3.8) is 0 Å². The zero-order valence-corrected chi connectivity index (χ0v) is 14.7. The van der Waals surface area contributed by atoms with Gasteiger partial charge in [0.1, 0.15) is 5.69 Å². The number of carbonyl (C=O) groups is 1. The SMILES string of the molecule is Cc1cccc(NC(=O)c2ccnc(NCc3ccc4c(c3)OCO4)n2)c1. The third-order valence-electron chi connectivity index (χ3n) is 4.05. The first-order valence-corrected chi connectivity index (χ1v) is 8.51. The van der Waals surface area contributed by atoms with Crippen molar-refractivity contribution >= 4 is 17.5 Å². The molecular weight excluding hydrogens is 344 g/mol. The van der Waals surface area contributed by atoms with Gasteiger partial charge in [-0.3, -0.25) is 4.79 Å². The molecule has 0 spiro atoms. The molecule has 0 saturated carbocycles. The molecule has 136 valence electrons. The fraction of sp³-hybridized carbons (Fsp3) is 0.150. The number of hydrogen-bond acceptors (Lipinski definition) is 6. The van der Waals surface area contributed by atoms with E-state index < -0.39 is 0 Å². The number of benzene rings is 2. The monoisotopic (exact) mass is 362 g/mol. The van der Waals surface area contributed by atoms with E-state index in [4.69, 9.17) is 9.47 Å². The van der Waals surface area contributed by atoms with Gasteiger partial charge in [0, 0.05) is 18.4 Å². The number of nitrogens with one attached hydrogen (secondary N) is 2. The van der Waals surface area contributed by atoms with Crippen molar-refractivity contribution in [1.29, 1.82) is 0 Å². The van der Waals surface area contributed by atoms with Gasteiger partial charge >= 0.3 is 0 Å². The minimum absolute atomic E-state index is 0.243. The van der Waals surface area contributed by atoms with Crippen LogP contribution in [0.25, 0.3) is 0 Å². The van der Waals surface area contributed by atoms with Crippen molar-refractivity contribution in [2.45, 2.75) is 13.5 Å². The van der Waals surface area contributed by atoms with E-state index in [1.165, 1.54) is 0 Å². The van der Waals surface area contributed by atoms with Gasteiger partial charge in [-0.2, -0.15) is 0 Å². The van der Waals surface area contributed by atoms with Crippen molar-refractivity contribution in [1.82, 2.24) is 9.97 Å². The first-order valence-electron chi connectivity index (χ1n) is 8.51. The highest BCUT2D eigenvalue weighted by molar-refractivity contribution is 6.03. The van der Waals surface area contributed by atoms with E-state index in [0.717, 1.165) is 28.3 Å². The fourth-order valence-electron chi connectivity index (χ4n) is 2.72. The molecule has 4 rings (SSSR count). The molecule has 1 aliphatic heterocycles. The number of hydrogen-bond donors (Lipinski definition) is 2. The van der Waals surface area contributed by atoms with E-state index in [1.807, 2.05) is 49.4 Å². The molecule has 0 unspecified atom stereocenters. The molecular formula is C20H18N4O3. The summed E-state index contributed by atoms with van der Waals surface area (Å²) in [6, 6.07) is 14.9. The van der Waals surface area contributed by atoms with Crippen LogP contribution in [0, 0.1) is 6.92 Å². The Morgan fingerprint density at radius 1 is 1.11 bits per heavy atom. The maximum Gasteiger partial charge on any atom is 0.274 e. The molecule has 2 heterocycles. The highest BCUT2D eigenvalue weighted by atomic mass is 16.7. The summed E-state index contributed by atoms with van der Waals surface area (Å²) in [7, 11) is 0. The van der Waals surface area contributed by atoms with Gasteiger partial charge in [0.2, 0.25) is 12.7 Å². The lowest BCUT2D eigenvalue weighted by Gasteiger charge is -2.08. The van der Waals surface area contributed by atoms with Gasteiger partial charge < -0.3 is 20.1 Å². The number of rotatable bonds is 5. The van der Waals surface area contributed by atoms with Gasteiger partial charge in [-0.05, 0) is 48.4 Å². The van der Waals surface area contributed by atoms with Crippen molar-refractivity contribution in [2.75, 3.05) is 17.4 Å². The number of ether oxygens (including phenoxy) is 2. The van der Waals surface area contributed by atoms with Crippen LogP contribution in [0.1, 0.15) is 21.6 Å². The molecule has 0 radical (unpaired) electrons. The Morgan fingerprint density at radius 3 is 2.89 bits per heavy atom. The Morgan fingerprint density at radius 2 is 2.00 bits per heavy atom. The molecule has 7 heteroatoms. The van der Waals surface area contributed by atoms with Crippen LogP contribution < -0.4 is 20.1 Å². The summed E-state index contributed by atoms with van der Waals surface area (Å²) in [4.78, 5) is 20.9. The van der Waals surface area contributed by atoms with Gasteiger partial charge in [0.15, 0.2) is 11.5 Å². The summed E-state index contributed by atoms with van der Waals surface area (Å²) < 4.78 is 10.7. The molecule has 3 aromatic rings. The Balaban J connectivity index is 1.42. The molecule has 1 amide bonds. The number of aryl methyl sites for hydroxylation is 1. The van der Waals surface area contributed by atoms with Crippen LogP contribution in [0.2, 0.25) is 0 Å². The first kappa shape index (κ1) is 16.8. The Labute approximate surface area is 156 Å². The summed E-state index contributed by atoms with van der Waals surface area (Å²) in [6.45, 7) is 2.71. The van der Waals surface area contributed by atoms with E-state index >= 15 is 0 Å². The van der Waals surface area contributed by atoms with Crippen molar-refractivity contribution < 1.29 is 14.3 Å². The number of aromatic nitrogens is 2. The zero-order chi connectivity index (χ0) is 18.6. The second-order valence-electron chi connectivity index (χ2n) is 6.13. The topological polar surface area (TPSA) is 85.4 Å². The summed E-state index contributed by atoms with van der Waals surface area (Å²) in [6.07, 6.45) is 1.56. The maximum absolute atomic E-state index is 12.4. The van der Waals surface area contributed by atoms with Crippen LogP contribution in [0.15, 0.2) is 54.7 Å². The van der Waals surface area contributed by atoms with Crippen LogP contribution in [0.3, 0.4) is 0 Å². The van der Waals surface area contributed by atoms with Crippen LogP contribution in [0.4, 0.5) is 11.6 Å². The molecule has 0 saturated heterocycles. The van der Waals surface area contributed by atoms with Gasteiger partial charge in [-0.25, -0.2) is 9.97 Å². The summed E-state index contributed by atoms with van der Waals surface area (Å²) in [5.41, 5.74) is 3.09. The lowest BCUT2D eigenvalue weighted by Crippen LogP contribution is -2.15. The summed E-state index contributed by atoms with van der Waals surface area (Å²) >= 11 is 0. The molecule has 0 fully saturated rings. The Kier molecular flexibility index (Phi) is 4.57. The lowest BCUT2D eigenvalue weighted by molar-refractivity contribution is 0.102. The number of anilines is 2. The molecule has 0 bridgehead atoms. The van der Waals surface area contributed by atoms with Crippen LogP contribution in [-0.4, -0.2) is 22.7 Å². The normalized spacial score (nSPS) is 11.9. The van der Waals surface area contributed by atoms with E-state index in [2.05, 4.69) is 20.6 Å². The van der Waals surface area contributed by atoms with E-state index in [0.29, 0.717) is 18.2 Å². The molecule has 2 N–H and O–H groups in total. The highest BCUT2D eigenvalue weighted by Crippen LogP contribution is 2.32. The molecule has 0 atom stereocenters. The third-order valence-corrected chi connectivity index (χ3v) is 4.05. The minimum atomic E-state index is -0.283. The molecule has 2 aromatic carbocycles.